The van der Waals surface area contributed by atoms with Gasteiger partial charge in [-0.05, 0) is 50.1 Å². The molecule has 0 atom stereocenters. The Labute approximate surface area is 162 Å². The van der Waals surface area contributed by atoms with Crippen LogP contribution in [0.2, 0.25) is 5.02 Å². The van der Waals surface area contributed by atoms with Gasteiger partial charge in [0.05, 0.1) is 5.75 Å². The zero-order valence-corrected chi connectivity index (χ0v) is 16.6. The van der Waals surface area contributed by atoms with Crippen LogP contribution in [0, 0.1) is 13.8 Å². The lowest BCUT2D eigenvalue weighted by Crippen LogP contribution is -2.05. The summed E-state index contributed by atoms with van der Waals surface area (Å²) < 4.78 is 2.00. The van der Waals surface area contributed by atoms with E-state index in [1.807, 2.05) is 67.8 Å². The van der Waals surface area contributed by atoms with Crippen LogP contribution in [0.4, 0.5) is 0 Å². The topological polar surface area (TPSA) is 47.8 Å². The van der Waals surface area contributed by atoms with E-state index in [-0.39, 0.29) is 5.78 Å². The van der Waals surface area contributed by atoms with Crippen LogP contribution in [-0.4, -0.2) is 26.3 Å². The summed E-state index contributed by atoms with van der Waals surface area (Å²) in [5.74, 6) is 1.18. The van der Waals surface area contributed by atoms with Crippen LogP contribution in [0.3, 0.4) is 0 Å². The standard InChI is InChI=1S/C20H20ClN3OS/c1-4-24-19(16-6-5-7-17(21)11-16)22-23-20(24)26-12-18(25)15-9-8-13(2)14(3)10-15/h5-11H,4,12H2,1-3H3. The molecule has 0 radical (unpaired) electrons. The Hall–Kier alpha value is -2.11. The van der Waals surface area contributed by atoms with Crippen molar-refractivity contribution in [3.63, 3.8) is 0 Å². The van der Waals surface area contributed by atoms with Gasteiger partial charge >= 0.3 is 0 Å². The van der Waals surface area contributed by atoms with Crippen molar-refractivity contribution in [2.75, 3.05) is 5.75 Å². The van der Waals surface area contributed by atoms with Gasteiger partial charge in [0.2, 0.25) is 0 Å². The number of hydrogen-bond acceptors (Lipinski definition) is 4. The summed E-state index contributed by atoms with van der Waals surface area (Å²) in [4.78, 5) is 12.5. The SMILES string of the molecule is CCn1c(SCC(=O)c2ccc(C)c(C)c2)nnc1-c1cccc(Cl)c1. The van der Waals surface area contributed by atoms with Crippen LogP contribution in [0.25, 0.3) is 11.4 Å². The molecule has 0 amide bonds. The van der Waals surface area contributed by atoms with Crippen molar-refractivity contribution in [3.8, 4) is 11.4 Å². The largest absolute Gasteiger partial charge is 0.302 e. The molecule has 0 aliphatic carbocycles. The van der Waals surface area contributed by atoms with E-state index in [1.54, 1.807) is 0 Å². The molecule has 3 rings (SSSR count). The lowest BCUT2D eigenvalue weighted by atomic mass is 10.0. The number of nitrogens with zero attached hydrogens (tertiary/aromatic N) is 3. The number of Topliss-reactive ketones (excluding diaryl/α,β-unsaturated/α-hetero) is 1. The van der Waals surface area contributed by atoms with Crippen molar-refractivity contribution in [2.24, 2.45) is 0 Å². The van der Waals surface area contributed by atoms with Gasteiger partial charge in [-0.1, -0.05) is 47.6 Å². The first-order valence-corrected chi connectivity index (χ1v) is 9.78. The van der Waals surface area contributed by atoms with Crippen LogP contribution in [0.5, 0.6) is 0 Å². The number of ketones is 1. The van der Waals surface area contributed by atoms with Crippen LogP contribution in [-0.2, 0) is 6.54 Å². The number of hydrogen-bond donors (Lipinski definition) is 0. The van der Waals surface area contributed by atoms with Crippen molar-refractivity contribution < 1.29 is 4.79 Å². The summed E-state index contributed by atoms with van der Waals surface area (Å²) in [7, 11) is 0. The summed E-state index contributed by atoms with van der Waals surface area (Å²) in [5, 5.41) is 9.96. The Kier molecular flexibility index (Phi) is 5.79. The number of carbonyl (C=O) groups is 1. The first kappa shape index (κ1) is 18.7. The average molecular weight is 386 g/mol. The van der Waals surface area contributed by atoms with Gasteiger partial charge in [-0.2, -0.15) is 0 Å². The fraction of sp³-hybridized carbons (Fsp3) is 0.250. The summed E-state index contributed by atoms with van der Waals surface area (Å²) in [6.45, 7) is 6.81. The predicted octanol–water partition coefficient (Wildman–Crippen LogP) is 5.21. The van der Waals surface area contributed by atoms with Gasteiger partial charge in [0.25, 0.3) is 0 Å². The van der Waals surface area contributed by atoms with Gasteiger partial charge in [-0.15, -0.1) is 10.2 Å². The van der Waals surface area contributed by atoms with Gasteiger partial charge in [-0.3, -0.25) is 4.79 Å². The molecule has 0 unspecified atom stereocenters. The summed E-state index contributed by atoms with van der Waals surface area (Å²) in [6, 6.07) is 13.4. The van der Waals surface area contributed by atoms with Gasteiger partial charge in [0.1, 0.15) is 0 Å². The molecular weight excluding hydrogens is 366 g/mol. The number of thioether (sulfide) groups is 1. The second kappa shape index (κ2) is 8.06. The van der Waals surface area contributed by atoms with Gasteiger partial charge < -0.3 is 4.57 Å². The molecule has 0 aliphatic heterocycles. The first-order valence-electron chi connectivity index (χ1n) is 8.42. The molecule has 2 aromatic carbocycles. The number of rotatable bonds is 6. The second-order valence-corrected chi connectivity index (χ2v) is 7.45. The fourth-order valence-electron chi connectivity index (χ4n) is 2.65. The highest BCUT2D eigenvalue weighted by Crippen LogP contribution is 2.26. The third kappa shape index (κ3) is 4.00. The summed E-state index contributed by atoms with van der Waals surface area (Å²) >= 11 is 7.50. The van der Waals surface area contributed by atoms with Crippen molar-refractivity contribution in [1.82, 2.24) is 14.8 Å². The zero-order valence-electron chi connectivity index (χ0n) is 15.0. The van der Waals surface area contributed by atoms with Crippen molar-refractivity contribution >= 4 is 29.1 Å². The van der Waals surface area contributed by atoms with E-state index >= 15 is 0 Å². The van der Waals surface area contributed by atoms with Crippen LogP contribution < -0.4 is 0 Å². The molecule has 1 aromatic heterocycles. The molecule has 0 saturated heterocycles. The monoisotopic (exact) mass is 385 g/mol. The maximum Gasteiger partial charge on any atom is 0.191 e. The smallest absolute Gasteiger partial charge is 0.191 e. The van der Waals surface area contributed by atoms with E-state index < -0.39 is 0 Å². The maximum absolute atomic E-state index is 12.5. The fourth-order valence-corrected chi connectivity index (χ4v) is 3.74. The molecule has 1 heterocycles. The minimum Gasteiger partial charge on any atom is -0.302 e. The number of benzene rings is 2. The third-order valence-electron chi connectivity index (χ3n) is 4.28. The van der Waals surface area contributed by atoms with Crippen LogP contribution >= 0.6 is 23.4 Å². The van der Waals surface area contributed by atoms with Crippen molar-refractivity contribution in [1.29, 1.82) is 0 Å². The van der Waals surface area contributed by atoms with E-state index in [9.17, 15) is 4.79 Å². The molecule has 0 N–H and O–H groups in total. The highest BCUT2D eigenvalue weighted by atomic mass is 35.5. The first-order chi connectivity index (χ1) is 12.5. The van der Waals surface area contributed by atoms with E-state index in [0.717, 1.165) is 34.2 Å². The molecule has 134 valence electrons. The van der Waals surface area contributed by atoms with Crippen molar-refractivity contribution in [2.45, 2.75) is 32.5 Å². The molecule has 0 spiro atoms. The number of halogens is 1. The van der Waals surface area contributed by atoms with E-state index in [1.165, 1.54) is 17.3 Å². The molecule has 0 fully saturated rings. The minimum atomic E-state index is 0.0908. The van der Waals surface area contributed by atoms with E-state index in [4.69, 9.17) is 11.6 Å². The second-order valence-electron chi connectivity index (χ2n) is 6.07. The lowest BCUT2D eigenvalue weighted by Gasteiger charge is -2.08. The van der Waals surface area contributed by atoms with Gasteiger partial charge in [-0.25, -0.2) is 0 Å². The normalized spacial score (nSPS) is 10.9. The molecule has 26 heavy (non-hydrogen) atoms. The van der Waals surface area contributed by atoms with Crippen LogP contribution in [0.1, 0.15) is 28.4 Å². The third-order valence-corrected chi connectivity index (χ3v) is 5.48. The molecule has 0 aliphatic rings. The van der Waals surface area contributed by atoms with Crippen molar-refractivity contribution in [3.05, 3.63) is 64.2 Å². The predicted molar refractivity (Wildman–Crippen MR) is 107 cm³/mol. The van der Waals surface area contributed by atoms with Gasteiger partial charge in [0.15, 0.2) is 16.8 Å². The highest BCUT2D eigenvalue weighted by Gasteiger charge is 2.15. The van der Waals surface area contributed by atoms with E-state index in [2.05, 4.69) is 10.2 Å². The Morgan fingerprint density at radius 1 is 1.12 bits per heavy atom. The summed E-state index contributed by atoms with van der Waals surface area (Å²) in [5.41, 5.74) is 3.96. The number of carbonyl (C=O) groups excluding carboxylic acids is 1. The highest BCUT2D eigenvalue weighted by molar-refractivity contribution is 7.99. The Balaban J connectivity index is 1.78. The lowest BCUT2D eigenvalue weighted by molar-refractivity contribution is 0.102. The molecule has 0 saturated carbocycles. The van der Waals surface area contributed by atoms with Crippen LogP contribution in [0.15, 0.2) is 47.6 Å². The Morgan fingerprint density at radius 2 is 1.92 bits per heavy atom. The Bertz CT molecular complexity index is 952. The molecular formula is C20H20ClN3OS. The van der Waals surface area contributed by atoms with Gasteiger partial charge in [0, 0.05) is 22.7 Å². The average Bonchev–Trinajstić information content (AvgIpc) is 3.05. The summed E-state index contributed by atoms with van der Waals surface area (Å²) in [6.07, 6.45) is 0. The molecule has 3 aromatic rings. The minimum absolute atomic E-state index is 0.0908. The quantitative estimate of drug-likeness (QED) is 0.431. The number of aryl methyl sites for hydroxylation is 2. The molecule has 0 bridgehead atoms. The molecule has 6 heteroatoms. The molecule has 4 nitrogen and oxygen atoms in total. The number of aromatic nitrogens is 3. The zero-order chi connectivity index (χ0) is 18.7. The Morgan fingerprint density at radius 3 is 2.62 bits per heavy atom. The maximum atomic E-state index is 12.5. The van der Waals surface area contributed by atoms with E-state index in [0.29, 0.717) is 10.8 Å².